The van der Waals surface area contributed by atoms with Crippen molar-refractivity contribution in [3.8, 4) is 0 Å². The predicted molar refractivity (Wildman–Crippen MR) is 79.2 cm³/mol. The Morgan fingerprint density at radius 2 is 1.94 bits per heavy atom. The van der Waals surface area contributed by atoms with Crippen LogP contribution in [-0.4, -0.2) is 4.98 Å². The van der Waals surface area contributed by atoms with E-state index in [4.69, 9.17) is 0 Å². The van der Waals surface area contributed by atoms with Crippen molar-refractivity contribution in [2.24, 2.45) is 5.92 Å². The van der Waals surface area contributed by atoms with Gasteiger partial charge in [0.25, 0.3) is 0 Å². The number of aryl methyl sites for hydroxylation is 1. The maximum Gasteiger partial charge on any atom is 0.0931 e. The van der Waals surface area contributed by atoms with Crippen LogP contribution in [0, 0.1) is 12.8 Å². The molecule has 2 aromatic rings. The molecule has 0 saturated carbocycles. The van der Waals surface area contributed by atoms with Gasteiger partial charge < -0.3 is 5.32 Å². The van der Waals surface area contributed by atoms with Crippen molar-refractivity contribution in [1.82, 2.24) is 4.98 Å². The summed E-state index contributed by atoms with van der Waals surface area (Å²) in [5.41, 5.74) is 3.57. The van der Waals surface area contributed by atoms with Crippen molar-refractivity contribution < 1.29 is 0 Å². The van der Waals surface area contributed by atoms with E-state index in [0.717, 1.165) is 24.3 Å². The fourth-order valence-electron chi connectivity index (χ4n) is 1.74. The molecule has 3 heteroatoms. The zero-order valence-corrected chi connectivity index (χ0v) is 12.1. The minimum absolute atomic E-state index is 0.675. The van der Waals surface area contributed by atoms with Crippen LogP contribution in [0.5, 0.6) is 0 Å². The molecule has 1 aromatic carbocycles. The van der Waals surface area contributed by atoms with Gasteiger partial charge in [0.1, 0.15) is 0 Å². The maximum atomic E-state index is 4.64. The highest BCUT2D eigenvalue weighted by atomic mass is 32.1. The molecule has 0 fully saturated rings. The van der Waals surface area contributed by atoms with E-state index in [1.807, 2.05) is 0 Å². The van der Waals surface area contributed by atoms with E-state index in [1.165, 1.54) is 10.6 Å². The van der Waals surface area contributed by atoms with Crippen LogP contribution in [0.2, 0.25) is 0 Å². The summed E-state index contributed by atoms with van der Waals surface area (Å²) in [6.45, 7) is 7.36. The zero-order chi connectivity index (χ0) is 13.0. The van der Waals surface area contributed by atoms with Gasteiger partial charge in [-0.15, -0.1) is 11.3 Å². The third-order valence-corrected chi connectivity index (χ3v) is 3.63. The van der Waals surface area contributed by atoms with Crippen LogP contribution < -0.4 is 5.32 Å². The third kappa shape index (κ3) is 3.84. The first-order chi connectivity index (χ1) is 8.63. The summed E-state index contributed by atoms with van der Waals surface area (Å²) < 4.78 is 0. The average molecular weight is 260 g/mol. The first kappa shape index (κ1) is 13.1. The summed E-state index contributed by atoms with van der Waals surface area (Å²) in [6, 6.07) is 8.45. The summed E-state index contributed by atoms with van der Waals surface area (Å²) in [6.07, 6.45) is 1.08. The van der Waals surface area contributed by atoms with Crippen molar-refractivity contribution in [2.75, 3.05) is 5.32 Å². The molecule has 0 atom stereocenters. The molecule has 1 aromatic heterocycles. The number of rotatable bonds is 5. The fraction of sp³-hybridized carbons (Fsp3) is 0.400. The standard InChI is InChI=1S/C15H20N2S/c1-11(2)8-15-17-14(10-18-15)9-16-13-6-4-12(3)5-7-13/h4-7,10-11,16H,8-9H2,1-3H3. The van der Waals surface area contributed by atoms with E-state index in [9.17, 15) is 0 Å². The predicted octanol–water partition coefficient (Wildman–Crippen LogP) is 4.26. The van der Waals surface area contributed by atoms with Crippen LogP contribution in [0.1, 0.15) is 30.1 Å². The van der Waals surface area contributed by atoms with Crippen LogP contribution in [0.4, 0.5) is 5.69 Å². The Morgan fingerprint density at radius 3 is 2.61 bits per heavy atom. The van der Waals surface area contributed by atoms with Crippen LogP contribution in [0.15, 0.2) is 29.6 Å². The lowest BCUT2D eigenvalue weighted by Gasteiger charge is -2.04. The van der Waals surface area contributed by atoms with E-state index in [0.29, 0.717) is 5.92 Å². The number of hydrogen-bond donors (Lipinski definition) is 1. The first-order valence-corrected chi connectivity index (χ1v) is 7.25. The summed E-state index contributed by atoms with van der Waals surface area (Å²) >= 11 is 1.76. The molecule has 0 aliphatic rings. The quantitative estimate of drug-likeness (QED) is 0.868. The molecule has 2 rings (SSSR count). The molecular weight excluding hydrogens is 240 g/mol. The molecule has 0 aliphatic carbocycles. The molecule has 0 aliphatic heterocycles. The van der Waals surface area contributed by atoms with Gasteiger partial charge >= 0.3 is 0 Å². The van der Waals surface area contributed by atoms with Gasteiger partial charge in [0.2, 0.25) is 0 Å². The summed E-state index contributed by atoms with van der Waals surface area (Å²) in [7, 11) is 0. The second-order valence-corrected chi connectivity index (χ2v) is 5.99. The maximum absolute atomic E-state index is 4.64. The molecule has 96 valence electrons. The van der Waals surface area contributed by atoms with Crippen LogP contribution in [0.3, 0.4) is 0 Å². The van der Waals surface area contributed by atoms with Crippen LogP contribution >= 0.6 is 11.3 Å². The fourth-order valence-corrected chi connectivity index (χ4v) is 2.74. The molecule has 0 amide bonds. The molecule has 1 N–H and O–H groups in total. The number of aromatic nitrogens is 1. The van der Waals surface area contributed by atoms with Gasteiger partial charge in [-0.1, -0.05) is 31.5 Å². The number of hydrogen-bond acceptors (Lipinski definition) is 3. The van der Waals surface area contributed by atoms with E-state index in [2.05, 4.69) is 60.7 Å². The topological polar surface area (TPSA) is 24.9 Å². The summed E-state index contributed by atoms with van der Waals surface area (Å²) in [4.78, 5) is 4.64. The van der Waals surface area contributed by atoms with E-state index >= 15 is 0 Å². The van der Waals surface area contributed by atoms with Gasteiger partial charge in [-0.2, -0.15) is 0 Å². The monoisotopic (exact) mass is 260 g/mol. The first-order valence-electron chi connectivity index (χ1n) is 6.37. The Morgan fingerprint density at radius 1 is 1.22 bits per heavy atom. The Bertz CT molecular complexity index is 485. The molecule has 0 saturated heterocycles. The Kier molecular flexibility index (Phi) is 4.37. The molecule has 0 radical (unpaired) electrons. The largest absolute Gasteiger partial charge is 0.379 e. The SMILES string of the molecule is Cc1ccc(NCc2csc(CC(C)C)n2)cc1. The summed E-state index contributed by atoms with van der Waals surface area (Å²) in [5.74, 6) is 0.675. The Labute approximate surface area is 113 Å². The van der Waals surface area contributed by atoms with Crippen molar-refractivity contribution >= 4 is 17.0 Å². The van der Waals surface area contributed by atoms with Crippen molar-refractivity contribution in [3.05, 3.63) is 45.9 Å². The van der Waals surface area contributed by atoms with Crippen LogP contribution in [-0.2, 0) is 13.0 Å². The minimum Gasteiger partial charge on any atom is -0.379 e. The average Bonchev–Trinajstić information content (AvgIpc) is 2.75. The zero-order valence-electron chi connectivity index (χ0n) is 11.2. The van der Waals surface area contributed by atoms with Crippen molar-refractivity contribution in [2.45, 2.75) is 33.7 Å². The van der Waals surface area contributed by atoms with Crippen molar-refractivity contribution in [1.29, 1.82) is 0 Å². The highest BCUT2D eigenvalue weighted by molar-refractivity contribution is 7.09. The number of thiazole rings is 1. The van der Waals surface area contributed by atoms with E-state index in [-0.39, 0.29) is 0 Å². The Hall–Kier alpha value is -1.35. The van der Waals surface area contributed by atoms with Gasteiger partial charge in [-0.25, -0.2) is 4.98 Å². The number of benzene rings is 1. The number of nitrogens with zero attached hydrogens (tertiary/aromatic N) is 1. The van der Waals surface area contributed by atoms with Gasteiger partial charge in [-0.3, -0.25) is 0 Å². The number of nitrogens with one attached hydrogen (secondary N) is 1. The molecule has 1 heterocycles. The second kappa shape index (κ2) is 6.01. The van der Waals surface area contributed by atoms with Gasteiger partial charge in [-0.05, 0) is 25.0 Å². The Balaban J connectivity index is 1.90. The highest BCUT2D eigenvalue weighted by Gasteiger charge is 2.04. The van der Waals surface area contributed by atoms with E-state index in [1.54, 1.807) is 11.3 Å². The summed E-state index contributed by atoms with van der Waals surface area (Å²) in [5, 5.41) is 6.79. The normalized spacial score (nSPS) is 10.9. The molecule has 0 unspecified atom stereocenters. The third-order valence-electron chi connectivity index (χ3n) is 2.71. The van der Waals surface area contributed by atoms with Crippen molar-refractivity contribution in [3.63, 3.8) is 0 Å². The lowest BCUT2D eigenvalue weighted by molar-refractivity contribution is 0.643. The molecule has 18 heavy (non-hydrogen) atoms. The molecule has 0 spiro atoms. The van der Waals surface area contributed by atoms with E-state index < -0.39 is 0 Å². The van der Waals surface area contributed by atoms with Crippen LogP contribution in [0.25, 0.3) is 0 Å². The van der Waals surface area contributed by atoms with Gasteiger partial charge in [0.05, 0.1) is 17.2 Å². The second-order valence-electron chi connectivity index (χ2n) is 5.05. The number of anilines is 1. The molecular formula is C15H20N2S. The minimum atomic E-state index is 0.675. The molecule has 0 bridgehead atoms. The smallest absolute Gasteiger partial charge is 0.0931 e. The lowest BCUT2D eigenvalue weighted by atomic mass is 10.1. The molecule has 2 nitrogen and oxygen atoms in total. The van der Waals surface area contributed by atoms with Gasteiger partial charge in [0, 0.05) is 17.5 Å². The lowest BCUT2D eigenvalue weighted by Crippen LogP contribution is -2.00. The highest BCUT2D eigenvalue weighted by Crippen LogP contribution is 2.16. The van der Waals surface area contributed by atoms with Gasteiger partial charge in [0.15, 0.2) is 0 Å².